The van der Waals surface area contributed by atoms with Crippen LogP contribution in [-0.2, 0) is 4.79 Å². The summed E-state index contributed by atoms with van der Waals surface area (Å²) in [4.78, 5) is 32.3. The van der Waals surface area contributed by atoms with Crippen molar-refractivity contribution in [2.45, 2.75) is 38.6 Å². The van der Waals surface area contributed by atoms with E-state index in [-0.39, 0.29) is 17.9 Å². The molecule has 1 fully saturated rings. The number of carbonyl (C=O) groups excluding carboxylic acids is 2. The van der Waals surface area contributed by atoms with Crippen molar-refractivity contribution in [2.24, 2.45) is 5.92 Å². The van der Waals surface area contributed by atoms with E-state index in [1.807, 2.05) is 46.7 Å². The van der Waals surface area contributed by atoms with Crippen LogP contribution in [0.1, 0.15) is 59.4 Å². The molecule has 3 heterocycles. The van der Waals surface area contributed by atoms with Crippen LogP contribution in [0, 0.1) is 5.92 Å². The molecule has 1 saturated heterocycles. The number of fused-ring (bicyclic) bond motifs is 1. The summed E-state index contributed by atoms with van der Waals surface area (Å²) in [6, 6.07) is 11.4. The third-order valence-electron chi connectivity index (χ3n) is 6.04. The van der Waals surface area contributed by atoms with Gasteiger partial charge in [-0.05, 0) is 54.9 Å². The molecule has 0 radical (unpaired) electrons. The van der Waals surface area contributed by atoms with E-state index in [9.17, 15) is 9.59 Å². The fourth-order valence-electron chi connectivity index (χ4n) is 4.70. The van der Waals surface area contributed by atoms with E-state index in [1.54, 1.807) is 11.3 Å². The molecule has 2 amide bonds. The van der Waals surface area contributed by atoms with Gasteiger partial charge in [-0.2, -0.15) is 0 Å². The zero-order valence-corrected chi connectivity index (χ0v) is 18.7. The second-order valence-corrected chi connectivity index (χ2v) is 9.70. The normalized spacial score (nSPS) is 21.8. The van der Waals surface area contributed by atoms with Gasteiger partial charge in [0.05, 0.1) is 12.0 Å². The van der Waals surface area contributed by atoms with Gasteiger partial charge in [0.15, 0.2) is 0 Å². The monoisotopic (exact) mass is 425 g/mol. The zero-order valence-electron chi connectivity index (χ0n) is 17.8. The smallest absolute Gasteiger partial charge is 0.254 e. The lowest BCUT2D eigenvalue weighted by atomic mass is 9.81. The molecule has 0 spiro atoms. The Morgan fingerprint density at radius 3 is 2.63 bits per heavy atom. The quantitative estimate of drug-likeness (QED) is 0.732. The molecule has 0 bridgehead atoms. The minimum Gasteiger partial charge on any atom is -0.354 e. The average Bonchev–Trinajstić information content (AvgIpc) is 3.43. The molecule has 0 saturated carbocycles. The Morgan fingerprint density at radius 1 is 1.17 bits per heavy atom. The number of thiophene rings is 1. The van der Waals surface area contributed by atoms with Crippen LogP contribution in [0.15, 0.2) is 41.8 Å². The van der Waals surface area contributed by atoms with Crippen LogP contribution in [0.5, 0.6) is 0 Å². The van der Waals surface area contributed by atoms with Crippen LogP contribution in [0.3, 0.4) is 0 Å². The van der Waals surface area contributed by atoms with Gasteiger partial charge < -0.3 is 15.1 Å². The predicted octanol–water partition coefficient (Wildman–Crippen LogP) is 3.90. The molecule has 160 valence electrons. The molecule has 2 aliphatic heterocycles. The van der Waals surface area contributed by atoms with E-state index >= 15 is 0 Å². The van der Waals surface area contributed by atoms with Crippen LogP contribution < -0.4 is 5.32 Å². The number of likely N-dealkylation sites (tertiary alicyclic amines) is 1. The maximum absolute atomic E-state index is 13.5. The lowest BCUT2D eigenvalue weighted by Crippen LogP contribution is -2.49. The van der Waals surface area contributed by atoms with Gasteiger partial charge >= 0.3 is 0 Å². The standard InChI is InChI=1S/C24H31N3O2S/c1-17(2)16-27-22(20-10-7-15-30-20)21(18-8-3-4-9-19(18)24(27)29)23(28)25-11-14-26-12-5-6-13-26/h3-4,7-10,15,17,21-22H,5-6,11-14,16H2,1-2H3,(H,25,28)/t21-,22+/m0/s1. The highest BCUT2D eigenvalue weighted by Gasteiger charge is 2.44. The van der Waals surface area contributed by atoms with Crippen molar-refractivity contribution in [1.82, 2.24) is 15.1 Å². The van der Waals surface area contributed by atoms with E-state index in [0.717, 1.165) is 30.1 Å². The number of amides is 2. The Morgan fingerprint density at radius 2 is 1.93 bits per heavy atom. The molecular weight excluding hydrogens is 394 g/mol. The van der Waals surface area contributed by atoms with E-state index in [1.165, 1.54) is 12.8 Å². The number of nitrogens with one attached hydrogen (secondary N) is 1. The summed E-state index contributed by atoms with van der Waals surface area (Å²) < 4.78 is 0. The number of carbonyl (C=O) groups is 2. The topological polar surface area (TPSA) is 52.7 Å². The van der Waals surface area contributed by atoms with Crippen molar-refractivity contribution < 1.29 is 9.59 Å². The highest BCUT2D eigenvalue weighted by atomic mass is 32.1. The first-order chi connectivity index (χ1) is 14.6. The first-order valence-electron chi connectivity index (χ1n) is 11.0. The van der Waals surface area contributed by atoms with Crippen LogP contribution in [0.25, 0.3) is 0 Å². The molecule has 2 aliphatic rings. The van der Waals surface area contributed by atoms with Gasteiger partial charge in [0.2, 0.25) is 5.91 Å². The maximum Gasteiger partial charge on any atom is 0.254 e. The predicted molar refractivity (Wildman–Crippen MR) is 121 cm³/mol. The summed E-state index contributed by atoms with van der Waals surface area (Å²) in [5.41, 5.74) is 1.50. The number of benzene rings is 1. The molecule has 6 heteroatoms. The minimum absolute atomic E-state index is 0.0151. The first-order valence-corrected chi connectivity index (χ1v) is 11.9. The summed E-state index contributed by atoms with van der Waals surface area (Å²) in [6.07, 6.45) is 2.49. The van der Waals surface area contributed by atoms with Gasteiger partial charge in [0.1, 0.15) is 0 Å². The number of hydrogen-bond acceptors (Lipinski definition) is 4. The van der Waals surface area contributed by atoms with Gasteiger partial charge in [0, 0.05) is 30.1 Å². The Hall–Kier alpha value is -2.18. The third kappa shape index (κ3) is 4.30. The van der Waals surface area contributed by atoms with Crippen LogP contribution >= 0.6 is 11.3 Å². The van der Waals surface area contributed by atoms with Crippen LogP contribution in [-0.4, -0.2) is 54.3 Å². The van der Waals surface area contributed by atoms with E-state index in [2.05, 4.69) is 24.1 Å². The fraction of sp³-hybridized carbons (Fsp3) is 0.500. The molecule has 2 atom stereocenters. The molecule has 5 nitrogen and oxygen atoms in total. The van der Waals surface area contributed by atoms with Crippen molar-refractivity contribution in [3.8, 4) is 0 Å². The lowest BCUT2D eigenvalue weighted by Gasteiger charge is -2.42. The molecule has 0 aliphatic carbocycles. The van der Waals surface area contributed by atoms with Crippen molar-refractivity contribution in [1.29, 1.82) is 0 Å². The molecule has 2 aromatic rings. The van der Waals surface area contributed by atoms with E-state index in [4.69, 9.17) is 0 Å². The Kier molecular flexibility index (Phi) is 6.54. The van der Waals surface area contributed by atoms with Crippen molar-refractivity contribution in [3.05, 3.63) is 57.8 Å². The van der Waals surface area contributed by atoms with Gasteiger partial charge in [-0.1, -0.05) is 38.1 Å². The maximum atomic E-state index is 13.5. The minimum atomic E-state index is -0.394. The van der Waals surface area contributed by atoms with Crippen molar-refractivity contribution in [2.75, 3.05) is 32.7 Å². The van der Waals surface area contributed by atoms with Gasteiger partial charge in [0.25, 0.3) is 5.91 Å². The van der Waals surface area contributed by atoms with Gasteiger partial charge in [-0.3, -0.25) is 9.59 Å². The molecule has 30 heavy (non-hydrogen) atoms. The summed E-state index contributed by atoms with van der Waals surface area (Å²) in [5.74, 6) is -0.0319. The molecule has 1 aromatic heterocycles. The number of nitrogens with zero attached hydrogens (tertiary/aromatic N) is 2. The highest BCUT2D eigenvalue weighted by Crippen LogP contribution is 2.44. The summed E-state index contributed by atoms with van der Waals surface area (Å²) in [7, 11) is 0. The largest absolute Gasteiger partial charge is 0.354 e. The molecule has 1 aromatic carbocycles. The summed E-state index contributed by atoms with van der Waals surface area (Å²) in [5, 5.41) is 5.21. The zero-order chi connectivity index (χ0) is 21.1. The lowest BCUT2D eigenvalue weighted by molar-refractivity contribution is -0.124. The number of hydrogen-bond donors (Lipinski definition) is 1. The van der Waals surface area contributed by atoms with Crippen molar-refractivity contribution in [3.63, 3.8) is 0 Å². The third-order valence-corrected chi connectivity index (χ3v) is 6.99. The molecule has 4 rings (SSSR count). The SMILES string of the molecule is CC(C)CN1C(=O)c2ccccc2[C@H](C(=O)NCCN2CCCC2)[C@H]1c1cccs1. The second kappa shape index (κ2) is 9.31. The second-order valence-electron chi connectivity index (χ2n) is 8.72. The van der Waals surface area contributed by atoms with Crippen LogP contribution in [0.4, 0.5) is 0 Å². The first kappa shape index (κ1) is 21.1. The number of rotatable bonds is 7. The average molecular weight is 426 g/mol. The highest BCUT2D eigenvalue weighted by molar-refractivity contribution is 7.10. The fourth-order valence-corrected chi connectivity index (χ4v) is 5.57. The van der Waals surface area contributed by atoms with E-state index in [0.29, 0.717) is 24.6 Å². The molecule has 0 unspecified atom stereocenters. The van der Waals surface area contributed by atoms with Crippen LogP contribution in [0.2, 0.25) is 0 Å². The Labute approximate surface area is 183 Å². The Bertz CT molecular complexity index is 874. The summed E-state index contributed by atoms with van der Waals surface area (Å²) in [6.45, 7) is 8.64. The van der Waals surface area contributed by atoms with Crippen molar-refractivity contribution >= 4 is 23.2 Å². The van der Waals surface area contributed by atoms with Gasteiger partial charge in [-0.25, -0.2) is 0 Å². The summed E-state index contributed by atoms with van der Waals surface area (Å²) >= 11 is 1.62. The molecular formula is C24H31N3O2S. The molecule has 1 N–H and O–H groups in total. The van der Waals surface area contributed by atoms with E-state index < -0.39 is 5.92 Å². The van der Waals surface area contributed by atoms with Gasteiger partial charge in [-0.15, -0.1) is 11.3 Å². The Balaban J connectivity index is 1.65.